The molecule has 2 amide bonds. The highest BCUT2D eigenvalue weighted by Crippen LogP contribution is 2.30. The number of fused-ring (bicyclic) bond motifs is 1. The quantitative estimate of drug-likeness (QED) is 0.734. The van der Waals surface area contributed by atoms with Gasteiger partial charge in [0.15, 0.2) is 0 Å². The van der Waals surface area contributed by atoms with Crippen molar-refractivity contribution < 1.29 is 4.79 Å². The molecule has 1 heterocycles. The average Bonchev–Trinajstić information content (AvgIpc) is 2.99. The summed E-state index contributed by atoms with van der Waals surface area (Å²) in [6.45, 7) is 2.63. The van der Waals surface area contributed by atoms with Gasteiger partial charge in [-0.05, 0) is 34.9 Å². The highest BCUT2D eigenvalue weighted by molar-refractivity contribution is 7.17. The predicted octanol–water partition coefficient (Wildman–Crippen LogP) is 4.80. The topological polar surface area (TPSA) is 32.3 Å². The number of nitrogens with one attached hydrogen (secondary N) is 1. The molecule has 0 aliphatic rings. The van der Waals surface area contributed by atoms with E-state index in [1.54, 1.807) is 16.2 Å². The van der Waals surface area contributed by atoms with Gasteiger partial charge in [0.05, 0.1) is 6.04 Å². The third kappa shape index (κ3) is 3.54. The monoisotopic (exact) mass is 324 g/mol. The summed E-state index contributed by atoms with van der Waals surface area (Å²) in [5, 5.41) is 6.44. The van der Waals surface area contributed by atoms with E-state index in [2.05, 4.69) is 22.8 Å². The molecule has 1 unspecified atom stereocenters. The van der Waals surface area contributed by atoms with Crippen molar-refractivity contribution in [2.75, 3.05) is 7.05 Å². The molecule has 3 nitrogen and oxygen atoms in total. The lowest BCUT2D eigenvalue weighted by Crippen LogP contribution is -2.38. The number of hydrogen-bond acceptors (Lipinski definition) is 2. The van der Waals surface area contributed by atoms with Crippen LogP contribution in [0.3, 0.4) is 0 Å². The van der Waals surface area contributed by atoms with E-state index in [9.17, 15) is 4.79 Å². The van der Waals surface area contributed by atoms with Crippen LogP contribution in [0, 0.1) is 0 Å². The molecular weight excluding hydrogens is 304 g/mol. The van der Waals surface area contributed by atoms with E-state index in [0.717, 1.165) is 5.56 Å². The van der Waals surface area contributed by atoms with Gasteiger partial charge >= 0.3 is 6.03 Å². The van der Waals surface area contributed by atoms with Crippen LogP contribution in [0.2, 0.25) is 0 Å². The molecule has 1 atom stereocenters. The van der Waals surface area contributed by atoms with Crippen LogP contribution in [-0.4, -0.2) is 18.0 Å². The molecule has 1 aromatic heterocycles. The number of benzene rings is 2. The van der Waals surface area contributed by atoms with Gasteiger partial charge in [-0.25, -0.2) is 4.79 Å². The fraction of sp³-hybridized carbons (Fsp3) is 0.211. The lowest BCUT2D eigenvalue weighted by Gasteiger charge is -2.21. The number of carbonyl (C=O) groups is 1. The minimum atomic E-state index is -0.0587. The van der Waals surface area contributed by atoms with Crippen LogP contribution in [0.25, 0.3) is 10.1 Å². The highest BCUT2D eigenvalue weighted by atomic mass is 32.1. The zero-order chi connectivity index (χ0) is 16.2. The summed E-state index contributed by atoms with van der Waals surface area (Å²) in [5.74, 6) is 0. The van der Waals surface area contributed by atoms with Crippen LogP contribution in [-0.2, 0) is 6.54 Å². The zero-order valence-corrected chi connectivity index (χ0v) is 14.1. The second-order valence-corrected chi connectivity index (χ2v) is 6.61. The largest absolute Gasteiger partial charge is 0.331 e. The lowest BCUT2D eigenvalue weighted by molar-refractivity contribution is 0.203. The third-order valence-electron chi connectivity index (χ3n) is 3.93. The molecule has 0 saturated heterocycles. The molecule has 0 saturated carbocycles. The van der Waals surface area contributed by atoms with Gasteiger partial charge in [0, 0.05) is 18.3 Å². The molecular formula is C19H20N2OS. The Hall–Kier alpha value is -2.33. The van der Waals surface area contributed by atoms with Crippen LogP contribution in [0.5, 0.6) is 0 Å². The van der Waals surface area contributed by atoms with Crippen LogP contribution in [0.1, 0.15) is 24.1 Å². The van der Waals surface area contributed by atoms with E-state index < -0.39 is 0 Å². The Balaban J connectivity index is 1.67. The summed E-state index contributed by atoms with van der Waals surface area (Å²) in [6, 6.07) is 18.2. The molecule has 3 aromatic rings. The number of thiophene rings is 1. The smallest absolute Gasteiger partial charge is 0.317 e. The second-order valence-electron chi connectivity index (χ2n) is 5.70. The number of rotatable bonds is 4. The van der Waals surface area contributed by atoms with Gasteiger partial charge in [-0.15, -0.1) is 11.3 Å². The van der Waals surface area contributed by atoms with Crippen molar-refractivity contribution in [2.45, 2.75) is 19.5 Å². The van der Waals surface area contributed by atoms with Crippen LogP contribution in [0.4, 0.5) is 4.79 Å². The maximum Gasteiger partial charge on any atom is 0.317 e. The van der Waals surface area contributed by atoms with Gasteiger partial charge in [0.1, 0.15) is 0 Å². The predicted molar refractivity (Wildman–Crippen MR) is 96.7 cm³/mol. The van der Waals surface area contributed by atoms with Crippen molar-refractivity contribution in [1.29, 1.82) is 0 Å². The minimum absolute atomic E-state index is 0.0168. The average molecular weight is 324 g/mol. The first kappa shape index (κ1) is 15.6. The summed E-state index contributed by atoms with van der Waals surface area (Å²) in [7, 11) is 1.82. The number of hydrogen-bond donors (Lipinski definition) is 1. The summed E-state index contributed by atoms with van der Waals surface area (Å²) in [5.41, 5.74) is 2.30. The molecule has 0 radical (unpaired) electrons. The van der Waals surface area contributed by atoms with E-state index in [1.165, 1.54) is 15.6 Å². The maximum absolute atomic E-state index is 12.4. The van der Waals surface area contributed by atoms with E-state index in [0.29, 0.717) is 6.54 Å². The molecule has 0 spiro atoms. The van der Waals surface area contributed by atoms with E-state index >= 15 is 0 Å². The van der Waals surface area contributed by atoms with Crippen LogP contribution >= 0.6 is 11.3 Å². The molecule has 4 heteroatoms. The van der Waals surface area contributed by atoms with E-state index in [-0.39, 0.29) is 12.1 Å². The molecule has 23 heavy (non-hydrogen) atoms. The van der Waals surface area contributed by atoms with Crippen molar-refractivity contribution >= 4 is 27.5 Å². The molecule has 3 rings (SSSR count). The molecule has 0 fully saturated rings. The SMILES string of the molecule is CC(NC(=O)N(C)Cc1ccccc1)c1csc2ccccc12. The normalized spacial score (nSPS) is 12.1. The van der Waals surface area contributed by atoms with Crippen molar-refractivity contribution in [1.82, 2.24) is 10.2 Å². The van der Waals surface area contributed by atoms with Gasteiger partial charge in [-0.1, -0.05) is 48.5 Å². The van der Waals surface area contributed by atoms with Crippen LogP contribution in [0.15, 0.2) is 60.0 Å². The Morgan fingerprint density at radius 3 is 2.61 bits per heavy atom. The Morgan fingerprint density at radius 2 is 1.83 bits per heavy atom. The summed E-state index contributed by atoms with van der Waals surface area (Å²) in [4.78, 5) is 14.1. The Labute approximate surface area is 140 Å². The van der Waals surface area contributed by atoms with Gasteiger partial charge in [0.2, 0.25) is 0 Å². The molecule has 118 valence electrons. The van der Waals surface area contributed by atoms with Crippen molar-refractivity contribution in [2.24, 2.45) is 0 Å². The van der Waals surface area contributed by atoms with Gasteiger partial charge in [-0.2, -0.15) is 0 Å². The third-order valence-corrected chi connectivity index (χ3v) is 4.91. The van der Waals surface area contributed by atoms with Crippen molar-refractivity contribution in [3.8, 4) is 0 Å². The summed E-state index contributed by atoms with van der Waals surface area (Å²) in [6.07, 6.45) is 0. The fourth-order valence-electron chi connectivity index (χ4n) is 2.64. The first-order valence-electron chi connectivity index (χ1n) is 7.67. The molecule has 2 aromatic carbocycles. The number of carbonyl (C=O) groups excluding carboxylic acids is 1. The van der Waals surface area contributed by atoms with Crippen LogP contribution < -0.4 is 5.32 Å². The summed E-state index contributed by atoms with van der Waals surface area (Å²) < 4.78 is 1.25. The maximum atomic E-state index is 12.4. The van der Waals surface area contributed by atoms with Crippen molar-refractivity contribution in [3.63, 3.8) is 0 Å². The molecule has 0 aliphatic carbocycles. The Morgan fingerprint density at radius 1 is 1.13 bits per heavy atom. The van der Waals surface area contributed by atoms with E-state index in [1.807, 2.05) is 56.4 Å². The molecule has 1 N–H and O–H groups in total. The Kier molecular flexibility index (Phi) is 4.63. The Bertz CT molecular complexity index is 797. The van der Waals surface area contributed by atoms with Gasteiger partial charge < -0.3 is 10.2 Å². The lowest BCUT2D eigenvalue weighted by atomic mass is 10.1. The second kappa shape index (κ2) is 6.84. The number of amides is 2. The minimum Gasteiger partial charge on any atom is -0.331 e. The standard InChI is InChI=1S/C19H20N2OS/c1-14(17-13-23-18-11-7-6-10-16(17)18)20-19(22)21(2)12-15-8-4-3-5-9-15/h3-11,13-14H,12H2,1-2H3,(H,20,22). The number of nitrogens with zero attached hydrogens (tertiary/aromatic N) is 1. The van der Waals surface area contributed by atoms with E-state index in [4.69, 9.17) is 0 Å². The fourth-order valence-corrected chi connectivity index (χ4v) is 3.69. The first-order chi connectivity index (χ1) is 11.1. The van der Waals surface area contributed by atoms with Crippen molar-refractivity contribution in [3.05, 3.63) is 71.1 Å². The highest BCUT2D eigenvalue weighted by Gasteiger charge is 2.16. The summed E-state index contributed by atoms with van der Waals surface area (Å²) >= 11 is 1.72. The van der Waals surface area contributed by atoms with Gasteiger partial charge in [0.25, 0.3) is 0 Å². The molecule has 0 aliphatic heterocycles. The zero-order valence-electron chi connectivity index (χ0n) is 13.3. The number of urea groups is 1. The first-order valence-corrected chi connectivity index (χ1v) is 8.55. The van der Waals surface area contributed by atoms with Gasteiger partial charge in [-0.3, -0.25) is 0 Å². The molecule has 0 bridgehead atoms.